The van der Waals surface area contributed by atoms with Crippen molar-refractivity contribution in [2.45, 2.75) is 20.0 Å². The maximum absolute atomic E-state index is 13.4. The molecule has 2 aromatic heterocycles. The highest BCUT2D eigenvalue weighted by molar-refractivity contribution is 7.09. The van der Waals surface area contributed by atoms with E-state index in [1.165, 1.54) is 23.7 Å². The first-order valence-electron chi connectivity index (χ1n) is 8.33. The van der Waals surface area contributed by atoms with Gasteiger partial charge in [-0.3, -0.25) is 0 Å². The van der Waals surface area contributed by atoms with Crippen molar-refractivity contribution in [1.82, 2.24) is 9.36 Å². The predicted molar refractivity (Wildman–Crippen MR) is 104 cm³/mol. The Morgan fingerprint density at radius 1 is 1.08 bits per heavy atom. The highest BCUT2D eigenvalue weighted by Gasteiger charge is 2.16. The first-order chi connectivity index (χ1) is 12.5. The van der Waals surface area contributed by atoms with Gasteiger partial charge in [0.15, 0.2) is 0 Å². The second-order valence-corrected chi connectivity index (χ2v) is 7.20. The number of hydrogen-bond donors (Lipinski definition) is 1. The number of aromatic nitrogens is 2. The zero-order chi connectivity index (χ0) is 18.3. The van der Waals surface area contributed by atoms with E-state index in [2.05, 4.69) is 4.37 Å². The summed E-state index contributed by atoms with van der Waals surface area (Å²) >= 11 is 1.38. The average molecular weight is 364 g/mol. The minimum atomic E-state index is -0.602. The average Bonchev–Trinajstić information content (AvgIpc) is 3.15. The lowest BCUT2D eigenvalue weighted by atomic mass is 9.95. The van der Waals surface area contributed by atoms with Crippen molar-refractivity contribution in [3.63, 3.8) is 0 Å². The van der Waals surface area contributed by atoms with E-state index in [1.54, 1.807) is 25.3 Å². The van der Waals surface area contributed by atoms with Crippen LogP contribution in [-0.2, 0) is 0 Å². The normalized spacial score (nSPS) is 12.5. The van der Waals surface area contributed by atoms with E-state index >= 15 is 0 Å². The van der Waals surface area contributed by atoms with Gasteiger partial charge >= 0.3 is 0 Å². The molecule has 0 bridgehead atoms. The van der Waals surface area contributed by atoms with Crippen molar-refractivity contribution >= 4 is 22.4 Å². The van der Waals surface area contributed by atoms with Gasteiger partial charge in [-0.15, -0.1) is 0 Å². The van der Waals surface area contributed by atoms with Crippen molar-refractivity contribution in [2.24, 2.45) is 0 Å². The van der Waals surface area contributed by atoms with Crippen LogP contribution < -0.4 is 0 Å². The van der Waals surface area contributed by atoms with E-state index in [0.29, 0.717) is 0 Å². The third-order valence-corrected chi connectivity index (χ3v) is 5.14. The van der Waals surface area contributed by atoms with Gasteiger partial charge in [-0.05, 0) is 72.4 Å². The fourth-order valence-corrected chi connectivity index (χ4v) is 3.77. The molecule has 0 aliphatic rings. The van der Waals surface area contributed by atoms with Gasteiger partial charge in [0, 0.05) is 17.1 Å². The molecule has 0 saturated heterocycles. The molecule has 4 aromatic rings. The van der Waals surface area contributed by atoms with Gasteiger partial charge in [0.25, 0.3) is 0 Å². The molecule has 2 aromatic carbocycles. The predicted octanol–water partition coefficient (Wildman–Crippen LogP) is 5.53. The van der Waals surface area contributed by atoms with Crippen molar-refractivity contribution in [2.75, 3.05) is 0 Å². The Morgan fingerprint density at radius 3 is 2.50 bits per heavy atom. The summed E-state index contributed by atoms with van der Waals surface area (Å²) in [7, 11) is 0. The molecule has 130 valence electrons. The number of benzene rings is 2. The number of rotatable bonds is 3. The number of fused-ring (bicyclic) bond motifs is 1. The smallest absolute Gasteiger partial charge is 0.123 e. The second-order valence-electron chi connectivity index (χ2n) is 6.36. The number of aliphatic hydroxyl groups is 1. The van der Waals surface area contributed by atoms with Gasteiger partial charge in [-0.1, -0.05) is 18.2 Å². The molecule has 0 amide bonds. The Morgan fingerprint density at radius 2 is 1.85 bits per heavy atom. The molecule has 1 unspecified atom stereocenters. The van der Waals surface area contributed by atoms with Crippen molar-refractivity contribution in [1.29, 1.82) is 0 Å². The van der Waals surface area contributed by atoms with E-state index in [4.69, 9.17) is 4.98 Å². The zero-order valence-electron chi connectivity index (χ0n) is 14.4. The molecule has 26 heavy (non-hydrogen) atoms. The Labute approximate surface area is 155 Å². The van der Waals surface area contributed by atoms with Gasteiger partial charge in [0.2, 0.25) is 0 Å². The lowest BCUT2D eigenvalue weighted by Crippen LogP contribution is -1.97. The van der Waals surface area contributed by atoms with Crippen molar-refractivity contribution < 1.29 is 9.50 Å². The summed E-state index contributed by atoms with van der Waals surface area (Å²) in [6.07, 6.45) is 1.15. The molecule has 0 fully saturated rings. The monoisotopic (exact) mass is 364 g/mol. The van der Waals surface area contributed by atoms with Gasteiger partial charge in [0.05, 0.1) is 22.2 Å². The summed E-state index contributed by atoms with van der Waals surface area (Å²) in [4.78, 5) is 5.84. The van der Waals surface area contributed by atoms with E-state index in [0.717, 1.165) is 43.7 Å². The molecular weight excluding hydrogens is 347 g/mol. The van der Waals surface area contributed by atoms with Crippen LogP contribution >= 0.6 is 11.5 Å². The first kappa shape index (κ1) is 16.8. The maximum Gasteiger partial charge on any atom is 0.123 e. The maximum atomic E-state index is 13.4. The topological polar surface area (TPSA) is 46.0 Å². The largest absolute Gasteiger partial charge is 0.389 e. The molecule has 0 radical (unpaired) electrons. The molecule has 1 atom stereocenters. The molecule has 0 aliphatic heterocycles. The van der Waals surface area contributed by atoms with Crippen LogP contribution in [0.1, 0.15) is 24.2 Å². The van der Waals surface area contributed by atoms with Crippen LogP contribution in [0.5, 0.6) is 0 Å². The molecular formula is C21H17FN2OS. The van der Waals surface area contributed by atoms with Gasteiger partial charge in [-0.25, -0.2) is 13.7 Å². The van der Waals surface area contributed by atoms with E-state index in [-0.39, 0.29) is 5.82 Å². The van der Waals surface area contributed by atoms with Crippen LogP contribution in [0.2, 0.25) is 0 Å². The molecule has 1 N–H and O–H groups in total. The Hall–Kier alpha value is -2.63. The Balaban J connectivity index is 2.07. The van der Waals surface area contributed by atoms with E-state index < -0.39 is 6.10 Å². The third kappa shape index (κ3) is 3.00. The minimum Gasteiger partial charge on any atom is -0.389 e. The zero-order valence-corrected chi connectivity index (χ0v) is 15.2. The number of aliphatic hydroxyl groups excluding tert-OH is 1. The van der Waals surface area contributed by atoms with Crippen molar-refractivity contribution in [3.8, 4) is 21.7 Å². The molecule has 3 nitrogen and oxygen atoms in total. The van der Waals surface area contributed by atoms with E-state index in [1.807, 2.05) is 31.2 Å². The molecule has 0 spiro atoms. The highest BCUT2D eigenvalue weighted by Crippen LogP contribution is 2.37. The van der Waals surface area contributed by atoms with Crippen LogP contribution in [-0.4, -0.2) is 14.5 Å². The number of halogens is 1. The van der Waals surface area contributed by atoms with Crippen LogP contribution in [0.3, 0.4) is 0 Å². The third-order valence-electron chi connectivity index (χ3n) is 4.39. The first-order valence-corrected chi connectivity index (χ1v) is 9.10. The van der Waals surface area contributed by atoms with Gasteiger partial charge in [0.1, 0.15) is 5.82 Å². The molecule has 2 heterocycles. The lowest BCUT2D eigenvalue weighted by molar-refractivity contribution is 0.201. The summed E-state index contributed by atoms with van der Waals surface area (Å²) in [5.41, 5.74) is 5.30. The van der Waals surface area contributed by atoms with Crippen LogP contribution in [0.4, 0.5) is 4.39 Å². The molecule has 0 saturated carbocycles. The standard InChI is InChI=1S/C21H17FN2OS/c1-12-9-16(13(2)25)18-11-17(14-3-5-15(22)6-4-14)21(24-19(18)10-12)20-7-8-23-26-20/h3-11,13,25H,1-2H3. The van der Waals surface area contributed by atoms with Crippen LogP contribution in [0.25, 0.3) is 32.6 Å². The van der Waals surface area contributed by atoms with Gasteiger partial charge < -0.3 is 5.11 Å². The Bertz CT molecular complexity index is 1070. The number of aryl methyl sites for hydroxylation is 1. The highest BCUT2D eigenvalue weighted by atomic mass is 32.1. The molecule has 4 rings (SSSR count). The summed E-state index contributed by atoms with van der Waals surface area (Å²) in [5.74, 6) is -0.276. The summed E-state index contributed by atoms with van der Waals surface area (Å²) in [5, 5.41) is 11.1. The summed E-state index contributed by atoms with van der Waals surface area (Å²) in [6, 6.07) is 14.3. The Kier molecular flexibility index (Phi) is 4.26. The van der Waals surface area contributed by atoms with Gasteiger partial charge in [-0.2, -0.15) is 0 Å². The SMILES string of the molecule is Cc1cc(C(C)O)c2cc(-c3ccc(F)cc3)c(-c3ccns3)nc2c1. The minimum absolute atomic E-state index is 0.276. The fourth-order valence-electron chi connectivity index (χ4n) is 3.17. The van der Waals surface area contributed by atoms with Crippen molar-refractivity contribution in [3.05, 3.63) is 71.7 Å². The van der Waals surface area contributed by atoms with E-state index in [9.17, 15) is 9.50 Å². The molecule has 0 aliphatic carbocycles. The summed E-state index contributed by atoms with van der Waals surface area (Å²) in [6.45, 7) is 3.75. The van der Waals surface area contributed by atoms with Crippen LogP contribution in [0, 0.1) is 12.7 Å². The lowest BCUT2D eigenvalue weighted by Gasteiger charge is -2.15. The number of hydrogen-bond acceptors (Lipinski definition) is 4. The van der Waals surface area contributed by atoms with Crippen LogP contribution in [0.15, 0.2) is 54.7 Å². The number of pyridine rings is 1. The summed E-state index contributed by atoms with van der Waals surface area (Å²) < 4.78 is 17.6. The second kappa shape index (κ2) is 6.59. The molecule has 5 heteroatoms. The fraction of sp³-hybridized carbons (Fsp3) is 0.143. The quantitative estimate of drug-likeness (QED) is 0.520. The number of nitrogens with zero attached hydrogens (tertiary/aromatic N) is 2.